The summed E-state index contributed by atoms with van der Waals surface area (Å²) < 4.78 is 12.9. The molecule has 1 N–H and O–H groups in total. The molecule has 0 saturated heterocycles. The molecule has 5 heteroatoms. The highest BCUT2D eigenvalue weighted by molar-refractivity contribution is 7.15. The average molecular weight is 272 g/mol. The molecule has 17 heavy (non-hydrogen) atoms. The van der Waals surface area contributed by atoms with Gasteiger partial charge < -0.3 is 5.11 Å². The molecule has 90 valence electrons. The predicted molar refractivity (Wildman–Crippen MR) is 67.9 cm³/mol. The van der Waals surface area contributed by atoms with Crippen LogP contribution in [0.15, 0.2) is 18.2 Å². The summed E-state index contributed by atoms with van der Waals surface area (Å²) in [7, 11) is 0. The van der Waals surface area contributed by atoms with Crippen LogP contribution < -0.4 is 0 Å². The van der Waals surface area contributed by atoms with Gasteiger partial charge in [-0.25, -0.2) is 9.37 Å². The number of aromatic nitrogens is 1. The standard InChI is InChI=1S/C12H11ClFNOS/c1-6-11(7(2)16)17-12(15-6)9-4-3-8(14)5-10(9)13/h3-5,7,16H,1-2H3. The number of halogens is 2. The van der Waals surface area contributed by atoms with Crippen molar-refractivity contribution in [3.05, 3.63) is 39.6 Å². The summed E-state index contributed by atoms with van der Waals surface area (Å²) in [5.74, 6) is -0.372. The first-order valence-corrected chi connectivity index (χ1v) is 6.29. The molecule has 1 heterocycles. The van der Waals surface area contributed by atoms with Crippen molar-refractivity contribution >= 4 is 22.9 Å². The van der Waals surface area contributed by atoms with E-state index in [0.29, 0.717) is 15.6 Å². The van der Waals surface area contributed by atoms with Crippen LogP contribution in [0.4, 0.5) is 4.39 Å². The van der Waals surface area contributed by atoms with Crippen LogP contribution in [0.5, 0.6) is 0 Å². The molecule has 2 nitrogen and oxygen atoms in total. The summed E-state index contributed by atoms with van der Waals surface area (Å²) in [4.78, 5) is 5.15. The van der Waals surface area contributed by atoms with E-state index < -0.39 is 6.10 Å². The van der Waals surface area contributed by atoms with Gasteiger partial charge in [0.25, 0.3) is 0 Å². The monoisotopic (exact) mass is 271 g/mol. The number of nitrogens with zero attached hydrogens (tertiary/aromatic N) is 1. The topological polar surface area (TPSA) is 33.1 Å². The Morgan fingerprint density at radius 1 is 1.47 bits per heavy atom. The van der Waals surface area contributed by atoms with Crippen molar-refractivity contribution in [3.8, 4) is 10.6 Å². The molecular weight excluding hydrogens is 261 g/mol. The maximum Gasteiger partial charge on any atom is 0.125 e. The number of hydrogen-bond donors (Lipinski definition) is 1. The fourth-order valence-corrected chi connectivity index (χ4v) is 2.93. The molecule has 0 spiro atoms. The molecule has 0 bridgehead atoms. The first kappa shape index (κ1) is 12.5. The summed E-state index contributed by atoms with van der Waals surface area (Å²) in [6.45, 7) is 3.52. The smallest absolute Gasteiger partial charge is 0.125 e. The Balaban J connectivity index is 2.50. The van der Waals surface area contributed by atoms with Crippen LogP contribution >= 0.6 is 22.9 Å². The van der Waals surface area contributed by atoms with Crippen molar-refractivity contribution < 1.29 is 9.50 Å². The largest absolute Gasteiger partial charge is 0.388 e. The van der Waals surface area contributed by atoms with Crippen molar-refractivity contribution in [2.24, 2.45) is 0 Å². The van der Waals surface area contributed by atoms with Gasteiger partial charge >= 0.3 is 0 Å². The van der Waals surface area contributed by atoms with Crippen molar-refractivity contribution in [2.75, 3.05) is 0 Å². The van der Waals surface area contributed by atoms with Gasteiger partial charge in [0.15, 0.2) is 0 Å². The van der Waals surface area contributed by atoms with E-state index >= 15 is 0 Å². The van der Waals surface area contributed by atoms with Gasteiger partial charge in [-0.1, -0.05) is 11.6 Å². The number of hydrogen-bond acceptors (Lipinski definition) is 3. The molecule has 1 unspecified atom stereocenters. The zero-order valence-corrected chi connectivity index (χ0v) is 10.9. The van der Waals surface area contributed by atoms with E-state index in [2.05, 4.69) is 4.98 Å². The Bertz CT molecular complexity index is 553. The second kappa shape index (κ2) is 4.72. The average Bonchev–Trinajstić information content (AvgIpc) is 2.60. The Hall–Kier alpha value is -0.970. The van der Waals surface area contributed by atoms with E-state index in [-0.39, 0.29) is 5.82 Å². The molecule has 0 saturated carbocycles. The van der Waals surface area contributed by atoms with Gasteiger partial charge in [-0.15, -0.1) is 11.3 Å². The summed E-state index contributed by atoms with van der Waals surface area (Å²) in [6, 6.07) is 4.21. The highest BCUT2D eigenvalue weighted by Crippen LogP contribution is 2.35. The van der Waals surface area contributed by atoms with Gasteiger partial charge in [-0.3, -0.25) is 0 Å². The van der Waals surface area contributed by atoms with E-state index in [9.17, 15) is 9.50 Å². The van der Waals surface area contributed by atoms with Crippen LogP contribution in [0.2, 0.25) is 5.02 Å². The van der Waals surface area contributed by atoms with E-state index in [1.54, 1.807) is 13.0 Å². The summed E-state index contributed by atoms with van der Waals surface area (Å²) >= 11 is 7.34. The minimum Gasteiger partial charge on any atom is -0.388 e. The van der Waals surface area contributed by atoms with E-state index in [1.165, 1.54) is 23.5 Å². The van der Waals surface area contributed by atoms with Crippen LogP contribution in [-0.2, 0) is 0 Å². The lowest BCUT2D eigenvalue weighted by Crippen LogP contribution is -1.88. The van der Waals surface area contributed by atoms with Crippen molar-refractivity contribution in [3.63, 3.8) is 0 Å². The summed E-state index contributed by atoms with van der Waals surface area (Å²) in [5, 5.41) is 10.6. The maximum atomic E-state index is 12.9. The first-order chi connectivity index (χ1) is 7.99. The number of aliphatic hydroxyl groups is 1. The third kappa shape index (κ3) is 2.49. The van der Waals surface area contributed by atoms with Gasteiger partial charge in [0.2, 0.25) is 0 Å². The van der Waals surface area contributed by atoms with Crippen LogP contribution in [0.25, 0.3) is 10.6 Å². The molecule has 2 rings (SSSR count). The Morgan fingerprint density at radius 2 is 2.18 bits per heavy atom. The Kier molecular flexibility index (Phi) is 3.47. The lowest BCUT2D eigenvalue weighted by molar-refractivity contribution is 0.202. The summed E-state index contributed by atoms with van der Waals surface area (Å²) in [6.07, 6.45) is -0.555. The Morgan fingerprint density at radius 3 is 2.71 bits per heavy atom. The number of rotatable bonds is 2. The molecule has 0 aliphatic carbocycles. The Labute approximate surface area is 108 Å². The van der Waals surface area contributed by atoms with Crippen molar-refractivity contribution in [1.29, 1.82) is 0 Å². The molecular formula is C12H11ClFNOS. The minimum absolute atomic E-state index is 0.330. The van der Waals surface area contributed by atoms with Crippen molar-refractivity contribution in [1.82, 2.24) is 4.98 Å². The van der Waals surface area contributed by atoms with Crippen LogP contribution in [0.3, 0.4) is 0 Å². The van der Waals surface area contributed by atoms with Gasteiger partial charge in [0.1, 0.15) is 10.8 Å². The molecule has 0 aliphatic rings. The number of aliphatic hydroxyl groups excluding tert-OH is 1. The molecule has 1 atom stereocenters. The first-order valence-electron chi connectivity index (χ1n) is 5.10. The number of benzene rings is 1. The maximum absolute atomic E-state index is 12.9. The molecule has 0 fully saturated rings. The highest BCUT2D eigenvalue weighted by Gasteiger charge is 2.15. The quantitative estimate of drug-likeness (QED) is 0.897. The SMILES string of the molecule is Cc1nc(-c2ccc(F)cc2Cl)sc1C(C)O. The zero-order valence-electron chi connectivity index (χ0n) is 9.37. The van der Waals surface area contributed by atoms with Gasteiger partial charge in [0.05, 0.1) is 21.7 Å². The molecule has 0 radical (unpaired) electrons. The predicted octanol–water partition coefficient (Wildman–Crippen LogP) is 3.96. The zero-order chi connectivity index (χ0) is 12.6. The number of aryl methyl sites for hydroxylation is 1. The molecule has 1 aromatic carbocycles. The third-order valence-electron chi connectivity index (χ3n) is 2.37. The van der Waals surface area contributed by atoms with Gasteiger partial charge in [-0.05, 0) is 32.0 Å². The van der Waals surface area contributed by atoms with Crippen LogP contribution in [-0.4, -0.2) is 10.1 Å². The highest BCUT2D eigenvalue weighted by atomic mass is 35.5. The van der Waals surface area contributed by atoms with E-state index in [4.69, 9.17) is 11.6 Å². The lowest BCUT2D eigenvalue weighted by Gasteiger charge is -2.00. The van der Waals surface area contributed by atoms with Crippen molar-refractivity contribution in [2.45, 2.75) is 20.0 Å². The van der Waals surface area contributed by atoms with E-state index in [0.717, 1.165) is 10.6 Å². The second-order valence-electron chi connectivity index (χ2n) is 3.77. The molecule has 0 amide bonds. The van der Waals surface area contributed by atoms with Gasteiger partial charge in [-0.2, -0.15) is 0 Å². The third-order valence-corrected chi connectivity index (χ3v) is 4.05. The fraction of sp³-hybridized carbons (Fsp3) is 0.250. The van der Waals surface area contributed by atoms with Crippen LogP contribution in [0, 0.1) is 12.7 Å². The van der Waals surface area contributed by atoms with Gasteiger partial charge in [0, 0.05) is 5.56 Å². The molecule has 0 aliphatic heterocycles. The fourth-order valence-electron chi connectivity index (χ4n) is 1.57. The number of thiazole rings is 1. The lowest BCUT2D eigenvalue weighted by atomic mass is 10.2. The van der Waals surface area contributed by atoms with E-state index in [1.807, 2.05) is 6.92 Å². The second-order valence-corrected chi connectivity index (χ2v) is 5.21. The molecule has 2 aromatic rings. The van der Waals surface area contributed by atoms with Crippen LogP contribution in [0.1, 0.15) is 23.6 Å². The minimum atomic E-state index is -0.555. The normalized spacial score (nSPS) is 12.8. The molecule has 1 aromatic heterocycles. The summed E-state index contributed by atoms with van der Waals surface area (Å²) in [5.41, 5.74) is 1.47.